The van der Waals surface area contributed by atoms with Gasteiger partial charge in [-0.1, -0.05) is 40.0 Å². The largest absolute Gasteiger partial charge is 0.363 e. The van der Waals surface area contributed by atoms with E-state index in [0.29, 0.717) is 6.42 Å². The van der Waals surface area contributed by atoms with Gasteiger partial charge in [-0.3, -0.25) is 19.2 Å². The van der Waals surface area contributed by atoms with Crippen LogP contribution in [-0.2, 0) is 19.2 Å². The molecule has 0 aromatic carbocycles. The Morgan fingerprint density at radius 3 is 2.03 bits per heavy atom. The molecule has 5 N–H and O–H groups in total. The van der Waals surface area contributed by atoms with Crippen LogP contribution in [0.5, 0.6) is 0 Å². The van der Waals surface area contributed by atoms with Crippen molar-refractivity contribution in [3.05, 3.63) is 0 Å². The third-order valence-electron chi connectivity index (χ3n) is 6.82. The molecular formula is C25H41Cl2N5O5. The lowest BCUT2D eigenvalue weighted by Gasteiger charge is -2.36. The summed E-state index contributed by atoms with van der Waals surface area (Å²) in [5.74, 6) is -3.23. The number of alkyl halides is 2. The summed E-state index contributed by atoms with van der Waals surface area (Å²) >= 11 is 12.3. The number of hydrogen-bond acceptors (Lipinski definition) is 5. The molecule has 0 spiro atoms. The Bertz CT molecular complexity index is 895. The number of Topliss-reactive ketones (excluding diaryl/α,β-unsaturated/α-hetero) is 1. The van der Waals surface area contributed by atoms with Gasteiger partial charge in [-0.15, -0.1) is 23.2 Å². The van der Waals surface area contributed by atoms with Gasteiger partial charge in [-0.25, -0.2) is 4.79 Å². The molecular weight excluding hydrogens is 521 g/mol. The Kier molecular flexibility index (Phi) is 10.3. The van der Waals surface area contributed by atoms with Crippen molar-refractivity contribution >= 4 is 52.7 Å². The maximum absolute atomic E-state index is 13.8. The minimum Gasteiger partial charge on any atom is -0.363 e. The zero-order valence-electron chi connectivity index (χ0n) is 22.5. The van der Waals surface area contributed by atoms with Gasteiger partial charge >= 0.3 is 6.03 Å². The Labute approximate surface area is 229 Å². The number of carbonyl (C=O) groups is 5. The predicted octanol–water partition coefficient (Wildman–Crippen LogP) is 2.25. The van der Waals surface area contributed by atoms with E-state index in [1.54, 1.807) is 0 Å². The van der Waals surface area contributed by atoms with E-state index in [-0.39, 0.29) is 18.9 Å². The molecule has 12 heteroatoms. The molecule has 5 amide bonds. The number of amides is 5. The van der Waals surface area contributed by atoms with Gasteiger partial charge in [0.1, 0.15) is 16.9 Å². The normalized spacial score (nSPS) is 22.1. The van der Waals surface area contributed by atoms with Crippen LogP contribution >= 0.6 is 23.2 Å². The van der Waals surface area contributed by atoms with Gasteiger partial charge in [0.25, 0.3) is 5.91 Å². The van der Waals surface area contributed by atoms with Gasteiger partial charge in [0, 0.05) is 18.0 Å². The molecule has 0 aromatic heterocycles. The van der Waals surface area contributed by atoms with Crippen LogP contribution in [0.2, 0.25) is 0 Å². The Hall–Kier alpha value is -2.07. The van der Waals surface area contributed by atoms with E-state index < -0.39 is 69.4 Å². The topological polar surface area (TPSA) is 151 Å². The van der Waals surface area contributed by atoms with E-state index in [9.17, 15) is 24.0 Å². The summed E-state index contributed by atoms with van der Waals surface area (Å²) in [4.78, 5) is 64.5. The fourth-order valence-corrected chi connectivity index (χ4v) is 4.96. The first kappa shape index (κ1) is 31.1. The van der Waals surface area contributed by atoms with Gasteiger partial charge < -0.3 is 26.6 Å². The number of urea groups is 1. The minimum absolute atomic E-state index is 0.0980. The maximum atomic E-state index is 13.8. The standard InChI is InChI=1S/C25H41Cl2N5O5/c1-24(2,3)18(30-23(37)31-25(4,5)6)22(36)32-12-14(19(26)27)11-16(32)21(35)29-15(17(33)20(28)34)10-13-8-7-9-13/h13-16,18-19H,7-12H2,1-6H3,(H2,28,34)(H,29,35)(H2,30,31,37)/t14-,15?,16+,18-/m1/s1. The van der Waals surface area contributed by atoms with Gasteiger partial charge in [-0.2, -0.15) is 0 Å². The van der Waals surface area contributed by atoms with E-state index >= 15 is 0 Å². The molecule has 1 aliphatic carbocycles. The first-order valence-corrected chi connectivity index (χ1v) is 13.6. The molecule has 2 rings (SSSR count). The van der Waals surface area contributed by atoms with Crippen molar-refractivity contribution in [3.8, 4) is 0 Å². The van der Waals surface area contributed by atoms with E-state index in [0.717, 1.165) is 19.3 Å². The second-order valence-corrected chi connectivity index (χ2v) is 13.5. The Morgan fingerprint density at radius 1 is 1.00 bits per heavy atom. The van der Waals surface area contributed by atoms with Crippen molar-refractivity contribution in [1.82, 2.24) is 20.9 Å². The highest BCUT2D eigenvalue weighted by Crippen LogP contribution is 2.34. The second kappa shape index (κ2) is 12.2. The highest BCUT2D eigenvalue weighted by molar-refractivity contribution is 6.44. The molecule has 1 saturated heterocycles. The van der Waals surface area contributed by atoms with E-state index in [1.165, 1.54) is 4.90 Å². The van der Waals surface area contributed by atoms with Crippen molar-refractivity contribution in [3.63, 3.8) is 0 Å². The summed E-state index contributed by atoms with van der Waals surface area (Å²) < 4.78 is 0. The van der Waals surface area contributed by atoms with Crippen molar-refractivity contribution in [2.45, 2.75) is 102 Å². The molecule has 0 radical (unpaired) electrons. The summed E-state index contributed by atoms with van der Waals surface area (Å²) in [5, 5.41) is 8.20. The molecule has 0 bridgehead atoms. The summed E-state index contributed by atoms with van der Waals surface area (Å²) in [6.07, 6.45) is 3.32. The van der Waals surface area contributed by atoms with Crippen LogP contribution < -0.4 is 21.7 Å². The minimum atomic E-state index is -1.12. The number of hydrogen-bond donors (Lipinski definition) is 4. The molecule has 2 fully saturated rings. The average Bonchev–Trinajstić information content (AvgIpc) is 3.16. The number of nitrogens with one attached hydrogen (secondary N) is 3. The number of ketones is 1. The highest BCUT2D eigenvalue weighted by Gasteiger charge is 2.47. The van der Waals surface area contributed by atoms with Gasteiger partial charge in [0.15, 0.2) is 0 Å². The summed E-state index contributed by atoms with van der Waals surface area (Å²) in [6, 6.07) is -3.54. The average molecular weight is 563 g/mol. The molecule has 1 saturated carbocycles. The third-order valence-corrected chi connectivity index (χ3v) is 7.53. The third kappa shape index (κ3) is 8.74. The summed E-state index contributed by atoms with van der Waals surface area (Å²) in [5.41, 5.74) is 4.01. The molecule has 37 heavy (non-hydrogen) atoms. The Morgan fingerprint density at radius 2 is 1.59 bits per heavy atom. The van der Waals surface area contributed by atoms with Crippen LogP contribution in [0.1, 0.15) is 73.6 Å². The maximum Gasteiger partial charge on any atom is 0.315 e. The quantitative estimate of drug-likeness (QED) is 0.251. The number of rotatable bonds is 9. The molecule has 0 aromatic rings. The summed E-state index contributed by atoms with van der Waals surface area (Å²) in [6.45, 7) is 11.0. The first-order valence-electron chi connectivity index (χ1n) is 12.7. The molecule has 10 nitrogen and oxygen atoms in total. The van der Waals surface area contributed by atoms with Gasteiger partial charge in [-0.05, 0) is 44.9 Å². The molecule has 1 aliphatic heterocycles. The fourth-order valence-electron chi connectivity index (χ4n) is 4.60. The first-order chi connectivity index (χ1) is 16.9. The van der Waals surface area contributed by atoms with E-state index in [4.69, 9.17) is 28.9 Å². The predicted molar refractivity (Wildman–Crippen MR) is 142 cm³/mol. The van der Waals surface area contributed by atoms with Crippen molar-refractivity contribution < 1.29 is 24.0 Å². The van der Waals surface area contributed by atoms with Crippen molar-refractivity contribution in [1.29, 1.82) is 0 Å². The van der Waals surface area contributed by atoms with Crippen molar-refractivity contribution in [2.24, 2.45) is 23.0 Å². The van der Waals surface area contributed by atoms with Crippen molar-refractivity contribution in [2.75, 3.05) is 6.54 Å². The van der Waals surface area contributed by atoms with Gasteiger partial charge in [0.05, 0.1) is 6.04 Å². The highest BCUT2D eigenvalue weighted by atomic mass is 35.5. The molecule has 4 atom stereocenters. The van der Waals surface area contributed by atoms with Crippen LogP contribution in [0.4, 0.5) is 4.79 Å². The van der Waals surface area contributed by atoms with Crippen LogP contribution in [0.15, 0.2) is 0 Å². The van der Waals surface area contributed by atoms with Gasteiger partial charge in [0.2, 0.25) is 17.6 Å². The van der Waals surface area contributed by atoms with Crippen LogP contribution in [0.3, 0.4) is 0 Å². The lowest BCUT2D eigenvalue weighted by atomic mass is 9.80. The number of halogens is 2. The SMILES string of the molecule is CC(C)(C)NC(=O)N[C@H](C(=O)N1C[C@H](C(Cl)Cl)C[C@H]1C(=O)NC(CC1CCC1)C(=O)C(N)=O)C(C)(C)C. The number of primary amides is 1. The van der Waals surface area contributed by atoms with Crippen LogP contribution in [0.25, 0.3) is 0 Å². The lowest BCUT2D eigenvalue weighted by molar-refractivity contribution is -0.143. The zero-order valence-corrected chi connectivity index (χ0v) is 24.0. The fraction of sp³-hybridized carbons (Fsp3) is 0.800. The van der Waals surface area contributed by atoms with E-state index in [1.807, 2.05) is 41.5 Å². The zero-order chi connectivity index (χ0) is 28.3. The summed E-state index contributed by atoms with van der Waals surface area (Å²) in [7, 11) is 0. The Balaban J connectivity index is 2.29. The smallest absolute Gasteiger partial charge is 0.315 e. The van der Waals surface area contributed by atoms with Crippen LogP contribution in [-0.4, -0.2) is 69.5 Å². The number of nitrogens with zero attached hydrogens (tertiary/aromatic N) is 1. The molecule has 1 heterocycles. The van der Waals surface area contributed by atoms with Crippen LogP contribution in [0, 0.1) is 17.3 Å². The number of likely N-dealkylation sites (tertiary alicyclic amines) is 1. The number of carbonyl (C=O) groups excluding carboxylic acids is 5. The molecule has 210 valence electrons. The monoisotopic (exact) mass is 561 g/mol. The lowest BCUT2D eigenvalue weighted by Crippen LogP contribution is -2.61. The molecule has 2 aliphatic rings. The number of nitrogens with two attached hydrogens (primary N) is 1. The molecule has 1 unspecified atom stereocenters. The second-order valence-electron chi connectivity index (χ2n) is 12.3. The van der Waals surface area contributed by atoms with E-state index in [2.05, 4.69) is 16.0 Å².